The molecule has 86 valence electrons. The first-order chi connectivity index (χ1) is 6.66. The van der Waals surface area contributed by atoms with E-state index in [9.17, 15) is 0 Å². The predicted octanol–water partition coefficient (Wildman–Crippen LogP) is 3.59. The van der Waals surface area contributed by atoms with Crippen molar-refractivity contribution in [3.05, 3.63) is 0 Å². The number of ether oxygens (including phenoxy) is 2. The van der Waals surface area contributed by atoms with Crippen LogP contribution in [0.15, 0.2) is 0 Å². The number of hydrogen-bond acceptors (Lipinski definition) is 2. The lowest BCUT2D eigenvalue weighted by molar-refractivity contribution is -0.0507. The maximum Gasteiger partial charge on any atom is 0.146 e. The van der Waals surface area contributed by atoms with Gasteiger partial charge in [0.1, 0.15) is 6.79 Å². The van der Waals surface area contributed by atoms with Crippen LogP contribution in [-0.2, 0) is 9.47 Å². The number of halogens is 1. The maximum atomic E-state index is 5.30. The number of alkyl halides is 1. The van der Waals surface area contributed by atoms with Gasteiger partial charge in [0.05, 0.1) is 0 Å². The van der Waals surface area contributed by atoms with Crippen LogP contribution in [0.25, 0.3) is 0 Å². The molecule has 2 atom stereocenters. The fourth-order valence-corrected chi connectivity index (χ4v) is 2.05. The molecule has 0 aliphatic heterocycles. The first kappa shape index (κ1) is 14.4. The zero-order valence-electron chi connectivity index (χ0n) is 9.59. The van der Waals surface area contributed by atoms with Crippen LogP contribution in [0, 0.1) is 5.92 Å². The van der Waals surface area contributed by atoms with Crippen LogP contribution in [0.2, 0.25) is 0 Å². The summed E-state index contributed by atoms with van der Waals surface area (Å²) in [5, 5.41) is 0. The highest BCUT2D eigenvalue weighted by atomic mass is 79.9. The normalized spacial score (nSPS) is 15.4. The zero-order valence-corrected chi connectivity index (χ0v) is 11.2. The van der Waals surface area contributed by atoms with Crippen LogP contribution in [0.1, 0.15) is 40.0 Å². The summed E-state index contributed by atoms with van der Waals surface area (Å²) in [6, 6.07) is 0. The van der Waals surface area contributed by atoms with Crippen molar-refractivity contribution in [3.63, 3.8) is 0 Å². The van der Waals surface area contributed by atoms with Gasteiger partial charge in [-0.05, 0) is 32.1 Å². The molecule has 0 fully saturated rings. The Morgan fingerprint density at radius 3 is 2.50 bits per heavy atom. The average Bonchev–Trinajstić information content (AvgIpc) is 2.10. The van der Waals surface area contributed by atoms with Gasteiger partial charge in [-0.15, -0.1) is 0 Å². The van der Waals surface area contributed by atoms with Crippen LogP contribution in [0.5, 0.6) is 0 Å². The summed E-state index contributed by atoms with van der Waals surface area (Å²) in [5.41, 5.74) is 0. The van der Waals surface area contributed by atoms with E-state index in [0.29, 0.717) is 11.6 Å². The lowest BCUT2D eigenvalue weighted by atomic mass is 10.0. The Hall–Kier alpha value is 0.400. The molecule has 2 nitrogen and oxygen atoms in total. The molecule has 14 heavy (non-hydrogen) atoms. The summed E-state index contributed by atoms with van der Waals surface area (Å²) >= 11 is 3.57. The van der Waals surface area contributed by atoms with Crippen molar-refractivity contribution in [2.24, 2.45) is 5.92 Å². The molecular weight excluding hydrogens is 244 g/mol. The Kier molecular flexibility index (Phi) is 10.2. The van der Waals surface area contributed by atoms with Crippen molar-refractivity contribution in [1.29, 1.82) is 0 Å². The second-order valence-electron chi connectivity index (χ2n) is 3.78. The van der Waals surface area contributed by atoms with Gasteiger partial charge in [-0.3, -0.25) is 0 Å². The Balaban J connectivity index is 3.10. The van der Waals surface area contributed by atoms with E-state index in [-0.39, 0.29) is 0 Å². The Bertz CT molecular complexity index is 118. The molecule has 0 radical (unpaired) electrons. The Labute approximate surface area is 96.5 Å². The lowest BCUT2D eigenvalue weighted by Gasteiger charge is -2.12. The summed E-state index contributed by atoms with van der Waals surface area (Å²) in [4.78, 5) is 0.627. The molecule has 0 saturated heterocycles. The van der Waals surface area contributed by atoms with Crippen LogP contribution in [0.3, 0.4) is 0 Å². The maximum absolute atomic E-state index is 5.30. The quantitative estimate of drug-likeness (QED) is 0.361. The van der Waals surface area contributed by atoms with Crippen LogP contribution >= 0.6 is 15.9 Å². The van der Waals surface area contributed by atoms with Gasteiger partial charge in [-0.25, -0.2) is 0 Å². The first-order valence-corrected chi connectivity index (χ1v) is 6.38. The monoisotopic (exact) mass is 266 g/mol. The minimum atomic E-state index is 0.444. The van der Waals surface area contributed by atoms with Gasteiger partial charge < -0.3 is 9.47 Å². The van der Waals surface area contributed by atoms with Crippen LogP contribution in [-0.4, -0.2) is 24.8 Å². The van der Waals surface area contributed by atoms with Crippen molar-refractivity contribution in [1.82, 2.24) is 0 Å². The van der Waals surface area contributed by atoms with E-state index < -0.39 is 0 Å². The zero-order chi connectivity index (χ0) is 10.8. The molecule has 2 unspecified atom stereocenters. The highest BCUT2D eigenvalue weighted by Gasteiger charge is 2.05. The highest BCUT2D eigenvalue weighted by Crippen LogP contribution is 2.16. The molecule has 0 bridgehead atoms. The fourth-order valence-electron chi connectivity index (χ4n) is 1.41. The summed E-state index contributed by atoms with van der Waals surface area (Å²) in [7, 11) is 0. The van der Waals surface area contributed by atoms with Crippen molar-refractivity contribution < 1.29 is 9.47 Å². The molecule has 0 aromatic rings. The van der Waals surface area contributed by atoms with Gasteiger partial charge >= 0.3 is 0 Å². The average molecular weight is 267 g/mol. The minimum Gasteiger partial charge on any atom is -0.356 e. The van der Waals surface area contributed by atoms with E-state index in [1.807, 2.05) is 6.92 Å². The second kappa shape index (κ2) is 9.94. The SMILES string of the molecule is CCOCOCCCC(C)CC(C)Br. The van der Waals surface area contributed by atoms with Crippen LogP contribution < -0.4 is 0 Å². The van der Waals surface area contributed by atoms with Crippen molar-refractivity contribution in [3.8, 4) is 0 Å². The molecule has 0 aromatic carbocycles. The van der Waals surface area contributed by atoms with Gasteiger partial charge in [0.15, 0.2) is 0 Å². The third kappa shape index (κ3) is 10.5. The van der Waals surface area contributed by atoms with Gasteiger partial charge in [0, 0.05) is 18.0 Å². The summed E-state index contributed by atoms with van der Waals surface area (Å²) in [6.45, 7) is 8.46. The standard InChI is InChI=1S/C11H23BrO2/c1-4-13-9-14-7-5-6-10(2)8-11(3)12/h10-11H,4-9H2,1-3H3. The molecule has 0 aliphatic carbocycles. The number of rotatable bonds is 9. The van der Waals surface area contributed by atoms with Crippen molar-refractivity contribution in [2.75, 3.05) is 20.0 Å². The van der Waals surface area contributed by atoms with Gasteiger partial charge in [0.25, 0.3) is 0 Å². The van der Waals surface area contributed by atoms with E-state index >= 15 is 0 Å². The smallest absolute Gasteiger partial charge is 0.146 e. The van der Waals surface area contributed by atoms with Crippen molar-refractivity contribution in [2.45, 2.75) is 44.9 Å². The predicted molar refractivity (Wildman–Crippen MR) is 63.8 cm³/mol. The Morgan fingerprint density at radius 1 is 1.21 bits per heavy atom. The summed E-state index contributed by atoms with van der Waals surface area (Å²) in [5.74, 6) is 0.778. The molecule has 0 N–H and O–H groups in total. The second-order valence-corrected chi connectivity index (χ2v) is 5.35. The fraction of sp³-hybridized carbons (Fsp3) is 1.00. The molecular formula is C11H23BrO2. The molecule has 0 heterocycles. The molecule has 0 aliphatic rings. The molecule has 0 rings (SSSR count). The summed E-state index contributed by atoms with van der Waals surface area (Å²) < 4.78 is 10.4. The van der Waals surface area contributed by atoms with E-state index in [0.717, 1.165) is 25.6 Å². The van der Waals surface area contributed by atoms with E-state index in [4.69, 9.17) is 9.47 Å². The third-order valence-electron chi connectivity index (χ3n) is 2.08. The Morgan fingerprint density at radius 2 is 1.93 bits per heavy atom. The van der Waals surface area contributed by atoms with Gasteiger partial charge in [0.2, 0.25) is 0 Å². The molecule has 0 spiro atoms. The molecule has 0 aromatic heterocycles. The molecule has 0 amide bonds. The summed E-state index contributed by atoms with van der Waals surface area (Å²) in [6.07, 6.45) is 3.61. The van der Waals surface area contributed by atoms with Crippen LogP contribution in [0.4, 0.5) is 0 Å². The van der Waals surface area contributed by atoms with E-state index in [1.54, 1.807) is 0 Å². The first-order valence-electron chi connectivity index (χ1n) is 5.46. The van der Waals surface area contributed by atoms with Gasteiger partial charge in [-0.2, -0.15) is 0 Å². The van der Waals surface area contributed by atoms with Gasteiger partial charge in [-0.1, -0.05) is 29.8 Å². The van der Waals surface area contributed by atoms with Crippen molar-refractivity contribution >= 4 is 15.9 Å². The topological polar surface area (TPSA) is 18.5 Å². The highest BCUT2D eigenvalue weighted by molar-refractivity contribution is 9.09. The molecule has 3 heteroatoms. The lowest BCUT2D eigenvalue weighted by Crippen LogP contribution is -2.05. The molecule has 0 saturated carbocycles. The third-order valence-corrected chi connectivity index (χ3v) is 2.46. The number of hydrogen-bond donors (Lipinski definition) is 0. The van der Waals surface area contributed by atoms with E-state index in [1.165, 1.54) is 12.8 Å². The van der Waals surface area contributed by atoms with E-state index in [2.05, 4.69) is 29.8 Å². The largest absolute Gasteiger partial charge is 0.356 e. The minimum absolute atomic E-state index is 0.444.